The summed E-state index contributed by atoms with van der Waals surface area (Å²) in [7, 11) is 0. The third-order valence-electron chi connectivity index (χ3n) is 5.55. The van der Waals surface area contributed by atoms with Crippen LogP contribution in [0.4, 0.5) is 0 Å². The van der Waals surface area contributed by atoms with E-state index in [9.17, 15) is 4.79 Å². The number of hydrogen-bond acceptors (Lipinski definition) is 4. The maximum atomic E-state index is 12.0. The Kier molecular flexibility index (Phi) is 5.35. The zero-order valence-electron chi connectivity index (χ0n) is 15.9. The molecule has 0 unspecified atom stereocenters. The molecule has 4 rings (SSSR count). The van der Waals surface area contributed by atoms with Gasteiger partial charge in [-0.3, -0.25) is 9.88 Å². The van der Waals surface area contributed by atoms with Gasteiger partial charge >= 0.3 is 5.63 Å². The molecule has 1 aromatic carbocycles. The Bertz CT molecular complexity index is 965. The van der Waals surface area contributed by atoms with E-state index in [2.05, 4.69) is 28.9 Å². The van der Waals surface area contributed by atoms with E-state index in [0.29, 0.717) is 11.5 Å². The van der Waals surface area contributed by atoms with Crippen LogP contribution in [-0.2, 0) is 19.4 Å². The van der Waals surface area contributed by atoms with E-state index in [-0.39, 0.29) is 5.63 Å². The van der Waals surface area contributed by atoms with Gasteiger partial charge in [-0.2, -0.15) is 0 Å². The van der Waals surface area contributed by atoms with Crippen LogP contribution in [0, 0.1) is 5.92 Å². The van der Waals surface area contributed by atoms with E-state index in [4.69, 9.17) is 4.42 Å². The highest BCUT2D eigenvalue weighted by Crippen LogP contribution is 2.25. The number of hydrogen-bond donors (Lipinski definition) is 0. The van der Waals surface area contributed by atoms with Crippen molar-refractivity contribution in [2.45, 2.75) is 39.2 Å². The van der Waals surface area contributed by atoms with Gasteiger partial charge in [0.15, 0.2) is 0 Å². The largest absolute Gasteiger partial charge is 0.423 e. The van der Waals surface area contributed by atoms with Crippen LogP contribution in [0.3, 0.4) is 0 Å². The molecule has 1 fully saturated rings. The summed E-state index contributed by atoms with van der Waals surface area (Å²) in [6.07, 6.45) is 8.30. The second kappa shape index (κ2) is 8.05. The minimum absolute atomic E-state index is 0.259. The minimum atomic E-state index is -0.259. The third-order valence-corrected chi connectivity index (χ3v) is 5.55. The lowest BCUT2D eigenvalue weighted by Crippen LogP contribution is -2.36. The number of pyridine rings is 1. The SMILES string of the molecule is CCc1ccc2oc(=O)cc(CN3CCC[C@@H](Cc4cccnc4)C3)c2c1. The molecule has 4 nitrogen and oxygen atoms in total. The molecular formula is C23H26N2O2. The number of likely N-dealkylation sites (tertiary alicyclic amines) is 1. The summed E-state index contributed by atoms with van der Waals surface area (Å²) in [5.41, 5.74) is 4.09. The second-order valence-corrected chi connectivity index (χ2v) is 7.58. The quantitative estimate of drug-likeness (QED) is 0.638. The number of piperidine rings is 1. The van der Waals surface area contributed by atoms with Crippen molar-refractivity contribution in [3.8, 4) is 0 Å². The van der Waals surface area contributed by atoms with Crippen LogP contribution in [0.5, 0.6) is 0 Å². The molecule has 0 saturated carbocycles. The van der Waals surface area contributed by atoms with Crippen molar-refractivity contribution >= 4 is 11.0 Å². The van der Waals surface area contributed by atoms with Gasteiger partial charge in [-0.1, -0.05) is 19.1 Å². The summed E-state index contributed by atoms with van der Waals surface area (Å²) in [6, 6.07) is 12.0. The van der Waals surface area contributed by atoms with Gasteiger partial charge in [0.1, 0.15) is 5.58 Å². The molecule has 0 spiro atoms. The van der Waals surface area contributed by atoms with Gasteiger partial charge in [-0.25, -0.2) is 4.79 Å². The maximum Gasteiger partial charge on any atom is 0.336 e. The van der Waals surface area contributed by atoms with Crippen LogP contribution < -0.4 is 5.63 Å². The fraction of sp³-hybridized carbons (Fsp3) is 0.391. The molecule has 1 atom stereocenters. The van der Waals surface area contributed by atoms with Gasteiger partial charge in [-0.05, 0) is 73.0 Å². The van der Waals surface area contributed by atoms with Crippen molar-refractivity contribution in [1.82, 2.24) is 9.88 Å². The van der Waals surface area contributed by atoms with Crippen molar-refractivity contribution in [3.63, 3.8) is 0 Å². The highest BCUT2D eigenvalue weighted by molar-refractivity contribution is 5.80. The first kappa shape index (κ1) is 17.9. The van der Waals surface area contributed by atoms with E-state index in [1.54, 1.807) is 6.07 Å². The summed E-state index contributed by atoms with van der Waals surface area (Å²) in [5.74, 6) is 0.639. The topological polar surface area (TPSA) is 46.3 Å². The first-order chi connectivity index (χ1) is 13.2. The lowest BCUT2D eigenvalue weighted by Gasteiger charge is -2.33. The van der Waals surface area contributed by atoms with Crippen molar-refractivity contribution in [3.05, 3.63) is 75.9 Å². The summed E-state index contributed by atoms with van der Waals surface area (Å²) < 4.78 is 5.41. The Labute approximate surface area is 159 Å². The summed E-state index contributed by atoms with van der Waals surface area (Å²) >= 11 is 0. The molecule has 140 valence electrons. The maximum absolute atomic E-state index is 12.0. The fourth-order valence-corrected chi connectivity index (χ4v) is 4.18. The molecule has 1 saturated heterocycles. The predicted molar refractivity (Wildman–Crippen MR) is 108 cm³/mol. The van der Waals surface area contributed by atoms with Crippen LogP contribution in [0.15, 0.2) is 58.0 Å². The third kappa shape index (κ3) is 4.28. The van der Waals surface area contributed by atoms with Crippen LogP contribution >= 0.6 is 0 Å². The standard InChI is InChI=1S/C23H26N2O2/c1-2-17-7-8-22-21(12-17)20(13-23(26)27-22)16-25-10-4-6-19(15-25)11-18-5-3-9-24-14-18/h3,5,7-9,12-14,19H,2,4,6,10-11,15-16H2,1H3/t19-/m0/s1. The number of benzene rings is 1. The Morgan fingerprint density at radius 2 is 2.15 bits per heavy atom. The fourth-order valence-electron chi connectivity index (χ4n) is 4.18. The highest BCUT2D eigenvalue weighted by atomic mass is 16.4. The van der Waals surface area contributed by atoms with Crippen molar-refractivity contribution in [2.24, 2.45) is 5.92 Å². The number of fused-ring (bicyclic) bond motifs is 1. The van der Waals surface area contributed by atoms with E-state index >= 15 is 0 Å². The van der Waals surface area contributed by atoms with Crippen LogP contribution in [0.25, 0.3) is 11.0 Å². The van der Waals surface area contributed by atoms with Crippen molar-refractivity contribution < 1.29 is 4.42 Å². The molecule has 0 N–H and O–H groups in total. The lowest BCUT2D eigenvalue weighted by atomic mass is 9.91. The molecular weight excluding hydrogens is 336 g/mol. The van der Waals surface area contributed by atoms with Gasteiger partial charge < -0.3 is 4.42 Å². The molecule has 3 heterocycles. The Morgan fingerprint density at radius 1 is 1.22 bits per heavy atom. The number of aromatic nitrogens is 1. The zero-order chi connectivity index (χ0) is 18.6. The monoisotopic (exact) mass is 362 g/mol. The molecule has 1 aliphatic heterocycles. The zero-order valence-corrected chi connectivity index (χ0v) is 15.9. The van der Waals surface area contributed by atoms with E-state index in [0.717, 1.165) is 43.4 Å². The second-order valence-electron chi connectivity index (χ2n) is 7.58. The van der Waals surface area contributed by atoms with E-state index in [1.807, 2.05) is 30.6 Å². The van der Waals surface area contributed by atoms with Gasteiger partial charge in [-0.15, -0.1) is 0 Å². The van der Waals surface area contributed by atoms with Gasteiger partial charge in [0, 0.05) is 36.9 Å². The molecule has 0 aliphatic carbocycles. The average molecular weight is 362 g/mol. The van der Waals surface area contributed by atoms with Gasteiger partial charge in [0.2, 0.25) is 0 Å². The van der Waals surface area contributed by atoms with Crippen LogP contribution in [0.2, 0.25) is 0 Å². The molecule has 0 radical (unpaired) electrons. The molecule has 0 amide bonds. The molecule has 1 aliphatic rings. The minimum Gasteiger partial charge on any atom is -0.423 e. The van der Waals surface area contributed by atoms with Gasteiger partial charge in [0.05, 0.1) is 0 Å². The van der Waals surface area contributed by atoms with Crippen molar-refractivity contribution in [2.75, 3.05) is 13.1 Å². The first-order valence-corrected chi connectivity index (χ1v) is 9.88. The van der Waals surface area contributed by atoms with Gasteiger partial charge in [0.25, 0.3) is 0 Å². The van der Waals surface area contributed by atoms with Crippen LogP contribution in [0.1, 0.15) is 36.5 Å². The summed E-state index contributed by atoms with van der Waals surface area (Å²) in [6.45, 7) is 5.09. The predicted octanol–water partition coefficient (Wildman–Crippen LogP) is 4.21. The summed E-state index contributed by atoms with van der Waals surface area (Å²) in [5, 5.41) is 1.07. The number of rotatable bonds is 5. The Hall–Kier alpha value is -2.46. The Morgan fingerprint density at radius 3 is 2.96 bits per heavy atom. The van der Waals surface area contributed by atoms with E-state index in [1.165, 1.54) is 24.0 Å². The molecule has 27 heavy (non-hydrogen) atoms. The molecule has 2 aromatic heterocycles. The normalized spacial score (nSPS) is 18.0. The average Bonchev–Trinajstić information content (AvgIpc) is 2.69. The Balaban J connectivity index is 1.53. The lowest BCUT2D eigenvalue weighted by molar-refractivity contribution is 0.167. The van der Waals surface area contributed by atoms with Crippen LogP contribution in [-0.4, -0.2) is 23.0 Å². The first-order valence-electron chi connectivity index (χ1n) is 9.88. The number of nitrogens with zero attached hydrogens (tertiary/aromatic N) is 2. The van der Waals surface area contributed by atoms with E-state index < -0.39 is 0 Å². The smallest absolute Gasteiger partial charge is 0.336 e. The molecule has 0 bridgehead atoms. The molecule has 4 heteroatoms. The molecule has 3 aromatic rings. The summed E-state index contributed by atoms with van der Waals surface area (Å²) in [4.78, 5) is 18.7. The highest BCUT2D eigenvalue weighted by Gasteiger charge is 2.21. The van der Waals surface area contributed by atoms with Crippen molar-refractivity contribution in [1.29, 1.82) is 0 Å². The number of aryl methyl sites for hydroxylation is 1.